The zero-order chi connectivity index (χ0) is 30.8. The number of benzene rings is 1. The Bertz CT molecular complexity index is 1420. The van der Waals surface area contributed by atoms with Crippen molar-refractivity contribution in [3.63, 3.8) is 0 Å². The minimum Gasteiger partial charge on any atom is -0.508 e. The highest BCUT2D eigenvalue weighted by Crippen LogP contribution is 2.54. The van der Waals surface area contributed by atoms with Crippen molar-refractivity contribution in [1.29, 1.82) is 0 Å². The average Bonchev–Trinajstić information content (AvgIpc) is 2.86. The number of carbonyl (C=O) groups excluding carboxylic acids is 4. The van der Waals surface area contributed by atoms with Crippen LogP contribution in [0, 0.1) is 11.8 Å². The van der Waals surface area contributed by atoms with Gasteiger partial charge in [-0.15, -0.1) is 0 Å². The maximum atomic E-state index is 13.9. The molecule has 2 amide bonds. The molecular weight excluding hydrogens is 534 g/mol. The number of likely N-dealkylation sites (N-methyl/N-ethyl adjacent to an activating group) is 1. The van der Waals surface area contributed by atoms with Crippen molar-refractivity contribution in [3.05, 3.63) is 34.1 Å². The molecule has 0 aliphatic heterocycles. The van der Waals surface area contributed by atoms with Gasteiger partial charge in [-0.05, 0) is 58.2 Å². The summed E-state index contributed by atoms with van der Waals surface area (Å²) in [5.74, 6) is -7.88. The normalized spacial score (nSPS) is 25.9. The van der Waals surface area contributed by atoms with Crippen molar-refractivity contribution in [2.75, 3.05) is 37.9 Å². The van der Waals surface area contributed by atoms with Crippen LogP contribution >= 0.6 is 0 Å². The molecule has 1 aromatic rings. The molecule has 1 aromatic carbocycles. The average molecular weight is 572 g/mol. The molecule has 0 spiro atoms. The molecule has 41 heavy (non-hydrogen) atoms. The molecule has 0 radical (unpaired) electrons. The summed E-state index contributed by atoms with van der Waals surface area (Å²) < 4.78 is 0. The summed E-state index contributed by atoms with van der Waals surface area (Å²) in [5.41, 5.74) is 2.02. The lowest BCUT2D eigenvalue weighted by molar-refractivity contribution is -0.150. The van der Waals surface area contributed by atoms with Crippen LogP contribution in [0.4, 0.5) is 11.4 Å². The summed E-state index contributed by atoms with van der Waals surface area (Å²) in [4.78, 5) is 53.4. The van der Waals surface area contributed by atoms with Crippen LogP contribution in [0.2, 0.25) is 0 Å². The van der Waals surface area contributed by atoms with E-state index < -0.39 is 69.7 Å². The minimum atomic E-state index is -2.73. The first-order valence-corrected chi connectivity index (χ1v) is 13.2. The summed E-state index contributed by atoms with van der Waals surface area (Å²) in [5, 5.41) is 53.7. The van der Waals surface area contributed by atoms with Gasteiger partial charge in [-0.25, -0.2) is 0 Å². The molecule has 13 nitrogen and oxygen atoms in total. The maximum Gasteiger partial charge on any atom is 0.255 e. The largest absolute Gasteiger partial charge is 0.508 e. The topological polar surface area (TPSA) is 215 Å². The molecule has 222 valence electrons. The number of Topliss-reactive ketones (excluding diaryl/α,β-unsaturated/α-hetero) is 2. The monoisotopic (exact) mass is 571 g/mol. The number of fused-ring (bicyclic) bond motifs is 3. The number of hydrogen-bond acceptors (Lipinski definition) is 11. The summed E-state index contributed by atoms with van der Waals surface area (Å²) >= 11 is 0. The number of primary amides is 1. The Kier molecular flexibility index (Phi) is 7.44. The van der Waals surface area contributed by atoms with Crippen LogP contribution in [0.3, 0.4) is 0 Å². The fraction of sp³-hybridized carbons (Fsp3) is 0.500. The first-order chi connectivity index (χ1) is 18.9. The Labute approximate surface area is 237 Å². The van der Waals surface area contributed by atoms with Crippen LogP contribution in [-0.2, 0) is 25.6 Å². The molecule has 1 fully saturated rings. The van der Waals surface area contributed by atoms with E-state index in [4.69, 9.17) is 5.73 Å². The number of carbonyl (C=O) groups is 4. The number of phenols is 1. The van der Waals surface area contributed by atoms with Gasteiger partial charge in [-0.2, -0.15) is 0 Å². The quantitative estimate of drug-likeness (QED) is 0.168. The highest BCUT2D eigenvalue weighted by molar-refractivity contribution is 6.24. The molecule has 9 N–H and O–H groups in total. The van der Waals surface area contributed by atoms with E-state index in [0.29, 0.717) is 11.3 Å². The second-order valence-corrected chi connectivity index (χ2v) is 12.0. The Morgan fingerprint density at radius 1 is 1.17 bits per heavy atom. The van der Waals surface area contributed by atoms with E-state index in [-0.39, 0.29) is 41.7 Å². The smallest absolute Gasteiger partial charge is 0.255 e. The molecule has 1 saturated carbocycles. The number of aliphatic hydroxyl groups is 3. The molecule has 0 unspecified atom stereocenters. The summed E-state index contributed by atoms with van der Waals surface area (Å²) in [6.07, 6.45) is 0.102. The van der Waals surface area contributed by atoms with Crippen molar-refractivity contribution in [2.45, 2.75) is 50.8 Å². The molecule has 13 heteroatoms. The number of aromatic hydroxyl groups is 1. The molecule has 0 saturated heterocycles. The number of aliphatic hydroxyl groups excluding tert-OH is 2. The van der Waals surface area contributed by atoms with Crippen molar-refractivity contribution in [3.8, 4) is 5.75 Å². The van der Waals surface area contributed by atoms with Gasteiger partial charge in [0.15, 0.2) is 11.4 Å². The summed E-state index contributed by atoms with van der Waals surface area (Å²) in [6, 6.07) is 0.352. The standard InChI is InChI=1S/C28H37N5O8/c1-27(2,3)31-10-16(34)32-14-9-15(33(5)6)12-7-11-8-13-20(30-4)23(37)19(26(29)40)25(39)28(13,41)24(38)17(11)22(36)18(12)21(14)35/h9,11,13,20,30-31,35-36,39,41H,7-8,10H2,1-6H3,(H2,29,40)(H,32,34)/t11-,13-,20-,28-/m0/s1. The van der Waals surface area contributed by atoms with Crippen molar-refractivity contribution < 1.29 is 39.6 Å². The highest BCUT2D eigenvalue weighted by Gasteiger charge is 2.63. The second kappa shape index (κ2) is 10.2. The lowest BCUT2D eigenvalue weighted by Gasteiger charge is -2.49. The van der Waals surface area contributed by atoms with Gasteiger partial charge in [0.1, 0.15) is 22.8 Å². The molecule has 4 atom stereocenters. The van der Waals surface area contributed by atoms with E-state index in [1.165, 1.54) is 7.05 Å². The van der Waals surface area contributed by atoms with E-state index in [2.05, 4.69) is 16.0 Å². The SMILES string of the molecule is CN[C@@H]1C(=O)C(C(N)=O)=C(O)[C@@]2(O)C(=O)C3=C(O)c4c(O)c(NC(=O)CNC(C)(C)C)cc(N(C)C)c4C[C@H]3C[C@@H]12. The van der Waals surface area contributed by atoms with Gasteiger partial charge >= 0.3 is 0 Å². The van der Waals surface area contributed by atoms with Crippen molar-refractivity contribution in [2.24, 2.45) is 17.6 Å². The first kappa shape index (κ1) is 30.0. The number of amides is 2. The van der Waals surface area contributed by atoms with Crippen molar-refractivity contribution >= 4 is 40.5 Å². The highest BCUT2D eigenvalue weighted by atomic mass is 16.3. The minimum absolute atomic E-state index is 0.00382. The number of nitrogens with two attached hydrogens (primary N) is 1. The molecular formula is C28H37N5O8. The van der Waals surface area contributed by atoms with E-state index in [1.807, 2.05) is 20.8 Å². The number of phenolic OH excluding ortho intramolecular Hbond substituents is 1. The molecule has 3 aliphatic carbocycles. The third kappa shape index (κ3) is 4.73. The van der Waals surface area contributed by atoms with Crippen LogP contribution in [0.25, 0.3) is 5.76 Å². The van der Waals surface area contributed by atoms with Crippen LogP contribution in [-0.4, -0.2) is 88.7 Å². The first-order valence-electron chi connectivity index (χ1n) is 13.2. The Morgan fingerprint density at radius 2 is 1.80 bits per heavy atom. The Balaban J connectivity index is 1.88. The van der Waals surface area contributed by atoms with Gasteiger partial charge in [0, 0.05) is 36.8 Å². The third-order valence-corrected chi connectivity index (χ3v) is 8.02. The lowest BCUT2D eigenvalue weighted by Crippen LogP contribution is -2.65. The Morgan fingerprint density at radius 3 is 2.34 bits per heavy atom. The van der Waals surface area contributed by atoms with Crippen LogP contribution < -0.4 is 26.6 Å². The fourth-order valence-electron chi connectivity index (χ4n) is 6.09. The number of hydrogen-bond donors (Lipinski definition) is 8. The van der Waals surface area contributed by atoms with Gasteiger partial charge in [0.2, 0.25) is 11.7 Å². The molecule has 0 bridgehead atoms. The third-order valence-electron chi connectivity index (χ3n) is 8.02. The number of nitrogens with one attached hydrogen (secondary N) is 3. The second-order valence-electron chi connectivity index (χ2n) is 12.0. The van der Waals surface area contributed by atoms with Crippen molar-refractivity contribution in [1.82, 2.24) is 10.6 Å². The number of anilines is 2. The van der Waals surface area contributed by atoms with E-state index in [1.54, 1.807) is 25.1 Å². The predicted octanol–water partition coefficient (Wildman–Crippen LogP) is 0.0144. The van der Waals surface area contributed by atoms with Gasteiger partial charge in [-0.3, -0.25) is 19.2 Å². The number of ketones is 2. The zero-order valence-corrected chi connectivity index (χ0v) is 23.9. The van der Waals surface area contributed by atoms with E-state index in [9.17, 15) is 39.6 Å². The predicted molar refractivity (Wildman–Crippen MR) is 150 cm³/mol. The van der Waals surface area contributed by atoms with E-state index in [0.717, 1.165) is 0 Å². The zero-order valence-electron chi connectivity index (χ0n) is 23.9. The molecule has 3 aliphatic rings. The Hall–Kier alpha value is -3.94. The number of rotatable bonds is 6. The maximum absolute atomic E-state index is 13.9. The van der Waals surface area contributed by atoms with Crippen LogP contribution in [0.1, 0.15) is 38.3 Å². The van der Waals surface area contributed by atoms with E-state index >= 15 is 0 Å². The van der Waals surface area contributed by atoms with Gasteiger partial charge in [-0.1, -0.05) is 0 Å². The van der Waals surface area contributed by atoms with Gasteiger partial charge < -0.3 is 47.0 Å². The molecule has 4 rings (SSSR count). The number of nitrogens with zero attached hydrogens (tertiary/aromatic N) is 1. The molecule has 0 aromatic heterocycles. The van der Waals surface area contributed by atoms with Gasteiger partial charge in [0.05, 0.1) is 23.8 Å². The van der Waals surface area contributed by atoms with Gasteiger partial charge in [0.25, 0.3) is 5.91 Å². The summed E-state index contributed by atoms with van der Waals surface area (Å²) in [6.45, 7) is 5.61. The molecule has 0 heterocycles. The van der Waals surface area contributed by atoms with Crippen LogP contribution in [0.5, 0.6) is 5.75 Å². The van der Waals surface area contributed by atoms with Crippen LogP contribution in [0.15, 0.2) is 23.0 Å². The lowest BCUT2D eigenvalue weighted by atomic mass is 9.57. The fourth-order valence-corrected chi connectivity index (χ4v) is 6.09. The summed E-state index contributed by atoms with van der Waals surface area (Å²) in [7, 11) is 4.90.